The molecule has 0 radical (unpaired) electrons. The summed E-state index contributed by atoms with van der Waals surface area (Å²) >= 11 is 1.94. The lowest BCUT2D eigenvalue weighted by atomic mass is 9.34. The van der Waals surface area contributed by atoms with Crippen molar-refractivity contribution in [2.75, 3.05) is 0 Å². The van der Waals surface area contributed by atoms with Crippen LogP contribution in [0.25, 0.3) is 129 Å². The molecule has 0 N–H and O–H groups in total. The molecule has 11 aromatic carbocycles. The standard InChI is InChI=1S/C61H35BN2S/c1-33(2)36-29-51-59-52(30-36)64-50-28-35(38-23-13-15-34-14-3-4-16-37(34)38)26-27-44(50)57-55-42-20-8-7-18-40(42)39-17-5-6-19-41(39)46(55)31-47(60(57)64)62(59)48-32-54-56(45-22-10-12-25-53(45)65-54)58-43-21-9-11-24-49(43)63(51)61(48)58/h3-12,14-22,24-33H,1-2H3. The second-order valence-electron chi connectivity index (χ2n) is 18.7. The van der Waals surface area contributed by atoms with Crippen LogP contribution in [-0.2, 0) is 0 Å². The van der Waals surface area contributed by atoms with Crippen LogP contribution in [0.1, 0.15) is 25.3 Å². The average molecular weight is 839 g/mol. The van der Waals surface area contributed by atoms with E-state index in [1.165, 1.54) is 140 Å². The molecule has 14 aromatic rings. The molecule has 3 aromatic heterocycles. The van der Waals surface area contributed by atoms with E-state index in [1.54, 1.807) is 0 Å². The molecule has 0 unspecified atom stereocenters. The van der Waals surface area contributed by atoms with Gasteiger partial charge in [-0.25, -0.2) is 0 Å². The van der Waals surface area contributed by atoms with Gasteiger partial charge in [-0.1, -0.05) is 153 Å². The van der Waals surface area contributed by atoms with Gasteiger partial charge in [-0.2, -0.15) is 0 Å². The van der Waals surface area contributed by atoms with Gasteiger partial charge in [0.1, 0.15) is 0 Å². The lowest BCUT2D eigenvalue weighted by Gasteiger charge is -2.35. The molecule has 0 saturated carbocycles. The summed E-state index contributed by atoms with van der Waals surface area (Å²) in [7, 11) is 0. The van der Waals surface area contributed by atoms with Gasteiger partial charge in [0.05, 0.1) is 22.1 Å². The molecule has 0 aliphatic carbocycles. The average Bonchev–Trinajstić information content (AvgIpc) is 4.02. The van der Waals surface area contributed by atoms with Gasteiger partial charge in [0.2, 0.25) is 0 Å². The van der Waals surface area contributed by atoms with E-state index in [9.17, 15) is 0 Å². The van der Waals surface area contributed by atoms with Crippen LogP contribution >= 0.6 is 11.3 Å². The number of para-hydroxylation sites is 1. The molecule has 2 aliphatic rings. The third-order valence-electron chi connectivity index (χ3n) is 15.2. The first kappa shape index (κ1) is 34.6. The Kier molecular flexibility index (Phi) is 6.41. The maximum Gasteiger partial charge on any atom is 0.252 e. The Balaban J connectivity index is 1.17. The molecule has 0 fully saturated rings. The van der Waals surface area contributed by atoms with Crippen LogP contribution < -0.4 is 16.4 Å². The SMILES string of the molecule is CC(C)c1cc2c3c(c1)-n1c4cc(-c5c#ccc6ccccc56)ccc4c4c5c6ccccc6c6ccccc6c5cc(c41)B3c1cc3sc4ccccc4c3c3c4ccccc4n-2c13. The van der Waals surface area contributed by atoms with E-state index in [-0.39, 0.29) is 6.71 Å². The minimum atomic E-state index is 0.00422. The molecule has 0 spiro atoms. The molecular formula is C61H35BN2S. The zero-order valence-electron chi connectivity index (χ0n) is 35.6. The zero-order valence-corrected chi connectivity index (χ0v) is 36.4. The Morgan fingerprint density at radius 3 is 1.86 bits per heavy atom. The Hall–Kier alpha value is -7.84. The highest BCUT2D eigenvalue weighted by Gasteiger charge is 2.42. The van der Waals surface area contributed by atoms with Crippen LogP contribution in [0, 0.1) is 12.1 Å². The topological polar surface area (TPSA) is 9.86 Å². The highest BCUT2D eigenvalue weighted by atomic mass is 32.1. The van der Waals surface area contributed by atoms with Gasteiger partial charge in [0.15, 0.2) is 0 Å². The number of hydrogen-bond acceptors (Lipinski definition) is 1. The van der Waals surface area contributed by atoms with Gasteiger partial charge in [-0.15, -0.1) is 11.3 Å². The third kappa shape index (κ3) is 4.20. The van der Waals surface area contributed by atoms with E-state index in [4.69, 9.17) is 0 Å². The van der Waals surface area contributed by atoms with Crippen molar-refractivity contribution in [2.45, 2.75) is 19.8 Å². The van der Waals surface area contributed by atoms with Gasteiger partial charge in [-0.05, 0) is 114 Å². The Morgan fingerprint density at radius 1 is 0.477 bits per heavy atom. The van der Waals surface area contributed by atoms with Crippen molar-refractivity contribution in [3.05, 3.63) is 188 Å². The summed E-state index contributed by atoms with van der Waals surface area (Å²) in [5.74, 6) is 0.319. The van der Waals surface area contributed by atoms with Crippen molar-refractivity contribution in [3.8, 4) is 22.5 Å². The number of thiophene rings is 1. The molecule has 0 amide bonds. The predicted molar refractivity (Wildman–Crippen MR) is 280 cm³/mol. The van der Waals surface area contributed by atoms with Gasteiger partial charge in [-0.3, -0.25) is 0 Å². The predicted octanol–water partition coefficient (Wildman–Crippen LogP) is 14.4. The van der Waals surface area contributed by atoms with E-state index in [0.717, 1.165) is 11.1 Å². The lowest BCUT2D eigenvalue weighted by molar-refractivity contribution is 0.862. The monoisotopic (exact) mass is 838 g/mol. The Labute approximate surface area is 378 Å². The van der Waals surface area contributed by atoms with Crippen LogP contribution in [0.2, 0.25) is 0 Å². The largest absolute Gasteiger partial charge is 0.310 e. The van der Waals surface area contributed by atoms with E-state index in [2.05, 4.69) is 205 Å². The summed E-state index contributed by atoms with van der Waals surface area (Å²) in [6.45, 7) is 4.70. The fourth-order valence-corrected chi connectivity index (χ4v) is 13.7. The summed E-state index contributed by atoms with van der Waals surface area (Å²) < 4.78 is 8.02. The second-order valence-corrected chi connectivity index (χ2v) is 19.8. The molecule has 0 saturated heterocycles. The van der Waals surface area contributed by atoms with Gasteiger partial charge >= 0.3 is 0 Å². The van der Waals surface area contributed by atoms with Gasteiger partial charge in [0.25, 0.3) is 6.71 Å². The molecule has 0 bridgehead atoms. The fraction of sp³-hybridized carbons (Fsp3) is 0.0492. The summed E-state index contributed by atoms with van der Waals surface area (Å²) in [6, 6.07) is 71.5. The first-order valence-electron chi connectivity index (χ1n) is 22.8. The summed E-state index contributed by atoms with van der Waals surface area (Å²) in [6.07, 6.45) is 0. The Bertz CT molecular complexity index is 4520. The van der Waals surface area contributed by atoms with Crippen LogP contribution in [0.4, 0.5) is 0 Å². The van der Waals surface area contributed by atoms with Crippen molar-refractivity contribution >= 4 is 141 Å². The third-order valence-corrected chi connectivity index (χ3v) is 16.4. The van der Waals surface area contributed by atoms with Crippen molar-refractivity contribution < 1.29 is 0 Å². The fourth-order valence-electron chi connectivity index (χ4n) is 12.6. The summed E-state index contributed by atoms with van der Waals surface area (Å²) in [5.41, 5.74) is 15.5. The van der Waals surface area contributed by atoms with Crippen LogP contribution in [-0.4, -0.2) is 15.8 Å². The van der Waals surface area contributed by atoms with Crippen LogP contribution in [0.5, 0.6) is 0 Å². The number of aromatic nitrogens is 2. The molecule has 0 atom stereocenters. The van der Waals surface area contributed by atoms with Crippen LogP contribution in [0.3, 0.4) is 0 Å². The summed E-state index contributed by atoms with van der Waals surface area (Å²) in [5, 5.41) is 18.2. The maximum absolute atomic E-state index is 3.56. The minimum Gasteiger partial charge on any atom is -0.310 e. The molecule has 4 heteroatoms. The molecule has 298 valence electrons. The van der Waals surface area contributed by atoms with E-state index >= 15 is 0 Å². The van der Waals surface area contributed by atoms with E-state index in [1.807, 2.05) is 11.3 Å². The molecule has 2 aliphatic heterocycles. The minimum absolute atomic E-state index is 0.00422. The van der Waals surface area contributed by atoms with Crippen molar-refractivity contribution in [3.63, 3.8) is 0 Å². The second kappa shape index (κ2) is 12.0. The number of rotatable bonds is 2. The van der Waals surface area contributed by atoms with E-state index < -0.39 is 0 Å². The number of fused-ring (bicyclic) bond motifs is 22. The van der Waals surface area contributed by atoms with E-state index in [0.29, 0.717) is 5.92 Å². The number of nitrogens with zero attached hydrogens (tertiary/aromatic N) is 2. The van der Waals surface area contributed by atoms with Crippen molar-refractivity contribution in [1.29, 1.82) is 0 Å². The molecule has 2 nitrogen and oxygen atoms in total. The highest BCUT2D eigenvalue weighted by molar-refractivity contribution is 7.26. The highest BCUT2D eigenvalue weighted by Crippen LogP contribution is 2.48. The molecule has 65 heavy (non-hydrogen) atoms. The molecule has 5 heterocycles. The summed E-state index contributed by atoms with van der Waals surface area (Å²) in [4.78, 5) is 0. The first-order chi connectivity index (χ1) is 32.1. The quantitative estimate of drug-likeness (QED) is 0.121. The zero-order chi connectivity index (χ0) is 42.4. The van der Waals surface area contributed by atoms with Crippen molar-refractivity contribution in [2.24, 2.45) is 0 Å². The van der Waals surface area contributed by atoms with Crippen LogP contribution in [0.15, 0.2) is 170 Å². The normalized spacial score (nSPS) is 13.1. The Morgan fingerprint density at radius 2 is 1.08 bits per heavy atom. The smallest absolute Gasteiger partial charge is 0.252 e. The molecular weight excluding hydrogens is 804 g/mol. The van der Waals surface area contributed by atoms with Gasteiger partial charge < -0.3 is 9.13 Å². The number of benzene rings is 10. The van der Waals surface area contributed by atoms with Gasteiger partial charge in [0, 0.05) is 64.0 Å². The molecule has 16 rings (SSSR count). The maximum atomic E-state index is 3.56. The number of hydrogen-bond donors (Lipinski definition) is 0. The van der Waals surface area contributed by atoms with Crippen molar-refractivity contribution in [1.82, 2.24) is 9.13 Å². The lowest BCUT2D eigenvalue weighted by Crippen LogP contribution is -2.59. The first-order valence-corrected chi connectivity index (χ1v) is 23.6.